The van der Waals surface area contributed by atoms with E-state index in [0.717, 1.165) is 24.0 Å². The van der Waals surface area contributed by atoms with E-state index in [-0.39, 0.29) is 24.2 Å². The topological polar surface area (TPSA) is 115 Å². The number of nitrogens with zero attached hydrogens (tertiary/aromatic N) is 1. The fourth-order valence-electron chi connectivity index (χ4n) is 6.28. The van der Waals surface area contributed by atoms with Crippen LogP contribution in [-0.4, -0.2) is 44.5 Å². The largest absolute Gasteiger partial charge is 0.487 e. The maximum atomic E-state index is 13.5. The number of nitrogens with one attached hydrogen (secondary N) is 3. The highest BCUT2D eigenvalue weighted by Crippen LogP contribution is 2.47. The molecule has 4 N–H and O–H groups in total. The molecule has 1 fully saturated rings. The van der Waals surface area contributed by atoms with E-state index in [2.05, 4.69) is 24.5 Å². The number of fused-ring (bicyclic) bond motifs is 2. The van der Waals surface area contributed by atoms with Crippen LogP contribution in [0.4, 0.5) is 0 Å². The summed E-state index contributed by atoms with van der Waals surface area (Å²) in [7, 11) is 0. The van der Waals surface area contributed by atoms with Crippen LogP contribution >= 0.6 is 0 Å². The van der Waals surface area contributed by atoms with Crippen LogP contribution in [0.3, 0.4) is 0 Å². The summed E-state index contributed by atoms with van der Waals surface area (Å²) < 4.78 is 6.50. The molecule has 2 aromatic rings. The second kappa shape index (κ2) is 9.12. The summed E-state index contributed by atoms with van der Waals surface area (Å²) in [4.78, 5) is 28.4. The van der Waals surface area contributed by atoms with Gasteiger partial charge >= 0.3 is 0 Å². The average Bonchev–Trinajstić information content (AvgIpc) is 3.11. The Balaban J connectivity index is 1.50. The Labute approximate surface area is 224 Å². The first-order valence-electron chi connectivity index (χ1n) is 13.5. The SMILES string of the molecule is CCC1(CC)C[C@@H](N2C(=N)NC(C)(C)CC2=O)c2cc(C(=O)N[C@@H]3c4ccccc4CC3(C)O)ccc2O1. The van der Waals surface area contributed by atoms with Gasteiger partial charge in [0.15, 0.2) is 5.96 Å². The number of hydrogen-bond acceptors (Lipinski definition) is 5. The Morgan fingerprint density at radius 3 is 2.53 bits per heavy atom. The van der Waals surface area contributed by atoms with E-state index < -0.39 is 28.8 Å². The maximum Gasteiger partial charge on any atom is 0.251 e. The van der Waals surface area contributed by atoms with Gasteiger partial charge in [0.05, 0.1) is 17.7 Å². The van der Waals surface area contributed by atoms with E-state index in [1.807, 2.05) is 38.1 Å². The van der Waals surface area contributed by atoms with E-state index in [1.54, 1.807) is 25.1 Å². The van der Waals surface area contributed by atoms with E-state index in [9.17, 15) is 14.7 Å². The summed E-state index contributed by atoms with van der Waals surface area (Å²) in [5, 5.41) is 26.0. The Morgan fingerprint density at radius 2 is 1.84 bits per heavy atom. The molecule has 3 aliphatic rings. The summed E-state index contributed by atoms with van der Waals surface area (Å²) >= 11 is 0. The normalized spacial score (nSPS) is 27.2. The number of ether oxygens (including phenoxy) is 1. The van der Waals surface area contributed by atoms with Crippen molar-refractivity contribution in [3.8, 4) is 5.75 Å². The lowest BCUT2D eigenvalue weighted by Crippen LogP contribution is -2.61. The molecule has 2 amide bonds. The number of guanidine groups is 1. The molecule has 2 aliphatic heterocycles. The molecule has 5 rings (SSSR count). The van der Waals surface area contributed by atoms with Crippen LogP contribution in [0.5, 0.6) is 5.75 Å². The van der Waals surface area contributed by atoms with Crippen molar-refractivity contribution in [2.45, 2.75) is 95.5 Å². The zero-order valence-electron chi connectivity index (χ0n) is 22.9. The maximum absolute atomic E-state index is 13.5. The molecule has 8 nitrogen and oxygen atoms in total. The van der Waals surface area contributed by atoms with E-state index in [0.29, 0.717) is 29.7 Å². The smallest absolute Gasteiger partial charge is 0.251 e. The summed E-state index contributed by atoms with van der Waals surface area (Å²) in [6.45, 7) is 9.71. The molecule has 0 aromatic heterocycles. The predicted molar refractivity (Wildman–Crippen MR) is 145 cm³/mol. The van der Waals surface area contributed by atoms with Gasteiger partial charge in [0.1, 0.15) is 11.4 Å². The summed E-state index contributed by atoms with van der Waals surface area (Å²) in [6, 6.07) is 12.1. The zero-order chi connectivity index (χ0) is 27.5. The quantitative estimate of drug-likeness (QED) is 0.469. The first-order valence-corrected chi connectivity index (χ1v) is 13.5. The molecule has 0 bridgehead atoms. The molecule has 8 heteroatoms. The van der Waals surface area contributed by atoms with Crippen molar-refractivity contribution >= 4 is 17.8 Å². The highest BCUT2D eigenvalue weighted by Gasteiger charge is 2.47. The molecule has 0 saturated carbocycles. The van der Waals surface area contributed by atoms with Crippen molar-refractivity contribution in [1.82, 2.24) is 15.5 Å². The molecule has 1 unspecified atom stereocenters. The van der Waals surface area contributed by atoms with Gasteiger partial charge in [-0.2, -0.15) is 0 Å². The van der Waals surface area contributed by atoms with Crippen LogP contribution in [0.15, 0.2) is 42.5 Å². The monoisotopic (exact) mass is 518 g/mol. The Bertz CT molecular complexity index is 1280. The zero-order valence-corrected chi connectivity index (χ0v) is 22.9. The first-order chi connectivity index (χ1) is 17.9. The molecule has 38 heavy (non-hydrogen) atoms. The van der Waals surface area contributed by atoms with Gasteiger partial charge in [-0.3, -0.25) is 19.9 Å². The third kappa shape index (κ3) is 4.45. The minimum atomic E-state index is -1.10. The van der Waals surface area contributed by atoms with E-state index in [1.165, 1.54) is 4.90 Å². The second-order valence-electron chi connectivity index (χ2n) is 11.9. The fourth-order valence-corrected chi connectivity index (χ4v) is 6.28. The Hall–Kier alpha value is -3.39. The van der Waals surface area contributed by atoms with Crippen molar-refractivity contribution in [2.75, 3.05) is 0 Å². The Morgan fingerprint density at radius 1 is 1.13 bits per heavy atom. The van der Waals surface area contributed by atoms with Gasteiger partial charge in [-0.1, -0.05) is 38.1 Å². The van der Waals surface area contributed by atoms with Gasteiger partial charge in [0, 0.05) is 35.9 Å². The highest BCUT2D eigenvalue weighted by atomic mass is 16.5. The van der Waals surface area contributed by atoms with Crippen molar-refractivity contribution in [3.63, 3.8) is 0 Å². The lowest BCUT2D eigenvalue weighted by Gasteiger charge is -2.48. The molecule has 202 valence electrons. The summed E-state index contributed by atoms with van der Waals surface area (Å²) in [5.74, 6) is 0.269. The van der Waals surface area contributed by atoms with E-state index >= 15 is 0 Å². The van der Waals surface area contributed by atoms with Crippen LogP contribution in [-0.2, 0) is 11.2 Å². The summed E-state index contributed by atoms with van der Waals surface area (Å²) in [6.07, 6.45) is 2.77. The van der Waals surface area contributed by atoms with E-state index in [4.69, 9.17) is 10.1 Å². The summed E-state index contributed by atoms with van der Waals surface area (Å²) in [5.41, 5.74) is 1.00. The lowest BCUT2D eigenvalue weighted by molar-refractivity contribution is -0.133. The number of rotatable bonds is 5. The van der Waals surface area contributed by atoms with Crippen LogP contribution in [0, 0.1) is 5.41 Å². The lowest BCUT2D eigenvalue weighted by atomic mass is 9.81. The van der Waals surface area contributed by atoms with Crippen molar-refractivity contribution in [1.29, 1.82) is 5.41 Å². The third-order valence-electron chi connectivity index (χ3n) is 8.49. The van der Waals surface area contributed by atoms with Gasteiger partial charge in [0.25, 0.3) is 5.91 Å². The Kier molecular flexibility index (Phi) is 6.29. The van der Waals surface area contributed by atoms with Gasteiger partial charge in [-0.15, -0.1) is 0 Å². The highest BCUT2D eigenvalue weighted by molar-refractivity contribution is 6.00. The third-order valence-corrected chi connectivity index (χ3v) is 8.49. The first kappa shape index (κ1) is 26.2. The fraction of sp³-hybridized carbons (Fsp3) is 0.500. The molecule has 3 atom stereocenters. The standard InChI is InChI=1S/C30H38N4O4/c1-6-30(7-2)16-22(34-24(35)17-28(3,4)33-27(34)31)21-14-18(12-13-23(21)38-30)26(36)32-25-20-11-9-8-10-19(20)15-29(25,5)37/h8-14,22,25,37H,6-7,15-17H2,1-5H3,(H2,31,33)(H,32,36)/t22-,25-,29?/m1/s1. The number of amides is 2. The van der Waals surface area contributed by atoms with Crippen LogP contribution in [0.1, 0.15) is 99.4 Å². The van der Waals surface area contributed by atoms with Crippen LogP contribution in [0.2, 0.25) is 0 Å². The van der Waals surface area contributed by atoms with Crippen LogP contribution in [0.25, 0.3) is 0 Å². The van der Waals surface area contributed by atoms with Gasteiger partial charge in [-0.05, 0) is 62.9 Å². The molecule has 2 aromatic carbocycles. The van der Waals surface area contributed by atoms with Crippen molar-refractivity contribution < 1.29 is 19.4 Å². The van der Waals surface area contributed by atoms with Gasteiger partial charge in [0.2, 0.25) is 5.91 Å². The average molecular weight is 519 g/mol. The number of benzene rings is 2. The molecule has 2 heterocycles. The number of carbonyl (C=O) groups is 2. The van der Waals surface area contributed by atoms with Gasteiger partial charge in [-0.25, -0.2) is 0 Å². The molecular weight excluding hydrogens is 480 g/mol. The number of carbonyl (C=O) groups excluding carboxylic acids is 2. The molecule has 0 radical (unpaired) electrons. The predicted octanol–water partition coefficient (Wildman–Crippen LogP) is 4.38. The minimum Gasteiger partial charge on any atom is -0.487 e. The number of hydrogen-bond donors (Lipinski definition) is 4. The number of aliphatic hydroxyl groups is 1. The molecule has 0 spiro atoms. The van der Waals surface area contributed by atoms with Crippen LogP contribution < -0.4 is 15.4 Å². The second-order valence-corrected chi connectivity index (χ2v) is 11.9. The van der Waals surface area contributed by atoms with Gasteiger partial charge < -0.3 is 20.5 Å². The molecule has 1 saturated heterocycles. The minimum absolute atomic E-state index is 0.0682. The molecular formula is C30H38N4O4. The van der Waals surface area contributed by atoms with Crippen molar-refractivity contribution in [3.05, 3.63) is 64.7 Å². The molecule has 1 aliphatic carbocycles. The van der Waals surface area contributed by atoms with Crippen molar-refractivity contribution in [2.24, 2.45) is 0 Å².